The third-order valence-electron chi connectivity index (χ3n) is 5.65. The Labute approximate surface area is 155 Å². The lowest BCUT2D eigenvalue weighted by molar-refractivity contribution is 0.134. The third-order valence-corrected chi connectivity index (χ3v) is 5.65. The van der Waals surface area contributed by atoms with Crippen molar-refractivity contribution in [2.45, 2.75) is 38.3 Å². The monoisotopic (exact) mass is 343 g/mol. The summed E-state index contributed by atoms with van der Waals surface area (Å²) in [6.45, 7) is 3.17. The average Bonchev–Trinajstić information content (AvgIpc) is 3.14. The van der Waals surface area contributed by atoms with Crippen molar-refractivity contribution >= 4 is 10.8 Å². The van der Waals surface area contributed by atoms with Crippen molar-refractivity contribution < 1.29 is 0 Å². The largest absolute Gasteiger partial charge is 0.338 e. The number of nitrogens with zero attached hydrogens (tertiary/aromatic N) is 3. The quantitative estimate of drug-likeness (QED) is 0.677. The summed E-state index contributed by atoms with van der Waals surface area (Å²) >= 11 is 0. The lowest BCUT2D eigenvalue weighted by atomic mass is 9.99. The fourth-order valence-electron chi connectivity index (χ4n) is 4.24. The number of hydrogen-bond acceptors (Lipinski definition) is 2. The average molecular weight is 343 g/mol. The van der Waals surface area contributed by atoms with Crippen LogP contribution in [0.1, 0.15) is 30.5 Å². The van der Waals surface area contributed by atoms with Gasteiger partial charge in [-0.1, -0.05) is 48.9 Å². The van der Waals surface area contributed by atoms with Crippen molar-refractivity contribution in [3.05, 3.63) is 72.1 Å². The first-order valence-corrected chi connectivity index (χ1v) is 9.61. The van der Waals surface area contributed by atoms with E-state index < -0.39 is 0 Å². The molecule has 0 saturated carbocycles. The minimum atomic E-state index is 0.526. The van der Waals surface area contributed by atoms with Gasteiger partial charge in [0.1, 0.15) is 11.8 Å². The minimum Gasteiger partial charge on any atom is -0.338 e. The first-order valence-electron chi connectivity index (χ1n) is 9.61. The molecule has 3 aromatic rings. The number of nitriles is 1. The summed E-state index contributed by atoms with van der Waals surface area (Å²) in [7, 11) is 0. The zero-order valence-electron chi connectivity index (χ0n) is 15.1. The molecule has 2 aromatic carbocycles. The molecule has 1 saturated heterocycles. The van der Waals surface area contributed by atoms with E-state index in [0.717, 1.165) is 25.2 Å². The summed E-state index contributed by atoms with van der Waals surface area (Å²) in [6, 6.07) is 22.0. The van der Waals surface area contributed by atoms with Gasteiger partial charge in [-0.05, 0) is 54.3 Å². The number of likely N-dealkylation sites (tertiary alicyclic amines) is 1. The maximum atomic E-state index is 9.27. The molecular formula is C23H25N3. The molecule has 0 radical (unpaired) electrons. The highest BCUT2D eigenvalue weighted by molar-refractivity contribution is 5.85. The van der Waals surface area contributed by atoms with Gasteiger partial charge in [-0.2, -0.15) is 5.26 Å². The summed E-state index contributed by atoms with van der Waals surface area (Å²) < 4.78 is 2.11. The van der Waals surface area contributed by atoms with Crippen molar-refractivity contribution in [2.75, 3.05) is 13.1 Å². The molecule has 0 N–H and O–H groups in total. The van der Waals surface area contributed by atoms with Gasteiger partial charge in [0.2, 0.25) is 0 Å². The van der Waals surface area contributed by atoms with Crippen LogP contribution >= 0.6 is 0 Å². The fraction of sp³-hybridized carbons (Fsp3) is 0.348. The molecule has 1 unspecified atom stereocenters. The van der Waals surface area contributed by atoms with Gasteiger partial charge in [0.15, 0.2) is 0 Å². The summed E-state index contributed by atoms with van der Waals surface area (Å²) in [5.41, 5.74) is 2.20. The van der Waals surface area contributed by atoms with Crippen LogP contribution in [0.3, 0.4) is 0 Å². The van der Waals surface area contributed by atoms with E-state index in [9.17, 15) is 5.26 Å². The van der Waals surface area contributed by atoms with Crippen LogP contribution in [0.15, 0.2) is 60.8 Å². The molecule has 3 nitrogen and oxygen atoms in total. The van der Waals surface area contributed by atoms with E-state index in [1.54, 1.807) is 0 Å². The van der Waals surface area contributed by atoms with Gasteiger partial charge in [-0.15, -0.1) is 0 Å². The van der Waals surface area contributed by atoms with Crippen molar-refractivity contribution in [3.8, 4) is 6.07 Å². The van der Waals surface area contributed by atoms with E-state index >= 15 is 0 Å². The maximum absolute atomic E-state index is 9.27. The van der Waals surface area contributed by atoms with Crippen molar-refractivity contribution in [2.24, 2.45) is 0 Å². The van der Waals surface area contributed by atoms with E-state index in [-0.39, 0.29) is 0 Å². The molecule has 3 heteroatoms. The molecule has 4 rings (SSSR count). The molecule has 0 amide bonds. The minimum absolute atomic E-state index is 0.526. The fourth-order valence-corrected chi connectivity index (χ4v) is 4.24. The molecule has 1 aromatic heterocycles. The highest BCUT2D eigenvalue weighted by Gasteiger charge is 2.23. The molecule has 0 spiro atoms. The summed E-state index contributed by atoms with van der Waals surface area (Å²) in [5.74, 6) is 0. The second kappa shape index (κ2) is 7.76. The van der Waals surface area contributed by atoms with Crippen molar-refractivity contribution in [3.63, 3.8) is 0 Å². The highest BCUT2D eigenvalue weighted by atomic mass is 15.2. The van der Waals surface area contributed by atoms with Crippen molar-refractivity contribution in [1.29, 1.82) is 5.26 Å². The van der Waals surface area contributed by atoms with Crippen LogP contribution in [0, 0.1) is 11.3 Å². The maximum Gasteiger partial charge on any atom is 0.120 e. The van der Waals surface area contributed by atoms with Crippen LogP contribution in [0.4, 0.5) is 0 Å². The second-order valence-corrected chi connectivity index (χ2v) is 7.23. The van der Waals surface area contributed by atoms with E-state index in [0.29, 0.717) is 6.04 Å². The number of benzene rings is 2. The molecule has 132 valence electrons. The molecule has 2 heterocycles. The van der Waals surface area contributed by atoms with Gasteiger partial charge in [0, 0.05) is 25.3 Å². The normalized spacial score (nSPS) is 18.0. The number of fused-ring (bicyclic) bond motifs is 1. The molecule has 0 aliphatic carbocycles. The smallest absolute Gasteiger partial charge is 0.120 e. The van der Waals surface area contributed by atoms with Crippen LogP contribution in [0.5, 0.6) is 0 Å². The van der Waals surface area contributed by atoms with Crippen LogP contribution in [0.2, 0.25) is 0 Å². The topological polar surface area (TPSA) is 32.0 Å². The molecule has 1 aliphatic rings. The summed E-state index contributed by atoms with van der Waals surface area (Å²) in [4.78, 5) is 2.63. The number of rotatable bonds is 5. The Balaban J connectivity index is 1.48. The molecule has 0 bridgehead atoms. The zero-order chi connectivity index (χ0) is 17.8. The Hall–Kier alpha value is -2.57. The summed E-state index contributed by atoms with van der Waals surface area (Å²) in [6.07, 6.45) is 6.91. The first-order chi connectivity index (χ1) is 12.8. The third kappa shape index (κ3) is 3.52. The lowest BCUT2D eigenvalue weighted by Gasteiger charge is -2.36. The van der Waals surface area contributed by atoms with Gasteiger partial charge in [0.25, 0.3) is 0 Å². The van der Waals surface area contributed by atoms with Crippen LogP contribution in [-0.2, 0) is 13.0 Å². The van der Waals surface area contributed by atoms with E-state index in [1.807, 2.05) is 18.3 Å². The number of aromatic nitrogens is 1. The predicted octanol–water partition coefficient (Wildman–Crippen LogP) is 4.61. The van der Waals surface area contributed by atoms with Gasteiger partial charge in [0.05, 0.1) is 0 Å². The molecule has 26 heavy (non-hydrogen) atoms. The highest BCUT2D eigenvalue weighted by Crippen LogP contribution is 2.23. The first kappa shape index (κ1) is 16.9. The molecule has 1 atom stereocenters. The van der Waals surface area contributed by atoms with E-state index in [1.165, 1.54) is 42.1 Å². The predicted molar refractivity (Wildman–Crippen MR) is 106 cm³/mol. The van der Waals surface area contributed by atoms with Crippen LogP contribution in [0.25, 0.3) is 10.8 Å². The van der Waals surface area contributed by atoms with Gasteiger partial charge >= 0.3 is 0 Å². The molecule has 1 aliphatic heterocycles. The SMILES string of the molecule is N#Cc1cccn1CC1CCCCN1CCc1cccc2ccccc12. The van der Waals surface area contributed by atoms with E-state index in [2.05, 4.69) is 58.0 Å². The van der Waals surface area contributed by atoms with Crippen molar-refractivity contribution in [1.82, 2.24) is 9.47 Å². The van der Waals surface area contributed by atoms with Gasteiger partial charge in [-0.3, -0.25) is 4.90 Å². The molecule has 1 fully saturated rings. The van der Waals surface area contributed by atoms with Gasteiger partial charge in [-0.25, -0.2) is 0 Å². The van der Waals surface area contributed by atoms with Crippen LogP contribution < -0.4 is 0 Å². The Morgan fingerprint density at radius 1 is 1.00 bits per heavy atom. The van der Waals surface area contributed by atoms with E-state index in [4.69, 9.17) is 0 Å². The molecular weight excluding hydrogens is 318 g/mol. The van der Waals surface area contributed by atoms with Crippen LogP contribution in [-0.4, -0.2) is 28.6 Å². The summed E-state index contributed by atoms with van der Waals surface area (Å²) in [5, 5.41) is 12.0. The Bertz CT molecular complexity index is 913. The Kier molecular flexibility index (Phi) is 5.04. The lowest BCUT2D eigenvalue weighted by Crippen LogP contribution is -2.43. The number of hydrogen-bond donors (Lipinski definition) is 0. The standard InChI is InChI=1S/C23H25N3/c24-17-21-11-6-15-26(21)18-22-10-3-4-14-25(22)16-13-20-9-5-8-19-7-1-2-12-23(19)20/h1-2,5-9,11-12,15,22H,3-4,10,13-14,16,18H2. The Morgan fingerprint density at radius 2 is 1.88 bits per heavy atom. The zero-order valence-corrected chi connectivity index (χ0v) is 15.1. The number of piperidine rings is 1. The Morgan fingerprint density at radius 3 is 2.81 bits per heavy atom. The second-order valence-electron chi connectivity index (χ2n) is 7.23. The van der Waals surface area contributed by atoms with Gasteiger partial charge < -0.3 is 4.57 Å².